The second-order valence-corrected chi connectivity index (χ2v) is 6.03. The largest absolute Gasteiger partial charge is 0.494 e. The first-order chi connectivity index (χ1) is 13.8. The van der Waals surface area contributed by atoms with Crippen LogP contribution in [0.1, 0.15) is 18.1 Å². The van der Waals surface area contributed by atoms with E-state index in [1.54, 1.807) is 31.2 Å². The predicted molar refractivity (Wildman–Crippen MR) is 98.6 cm³/mol. The lowest BCUT2D eigenvalue weighted by Crippen LogP contribution is -2.25. The summed E-state index contributed by atoms with van der Waals surface area (Å²) in [5, 5.41) is 8.82. The average Bonchev–Trinajstić information content (AvgIpc) is 2.68. The summed E-state index contributed by atoms with van der Waals surface area (Å²) >= 11 is 0. The van der Waals surface area contributed by atoms with Crippen molar-refractivity contribution < 1.29 is 27.0 Å². The minimum atomic E-state index is -4.23. The number of hydrogen-bond donors (Lipinski definition) is 0. The molecule has 3 nitrogen and oxygen atoms in total. The minimum Gasteiger partial charge on any atom is -0.494 e. The Kier molecular flexibility index (Phi) is 5.74. The first-order valence-electron chi connectivity index (χ1n) is 8.64. The van der Waals surface area contributed by atoms with E-state index in [4.69, 9.17) is 10.00 Å². The van der Waals surface area contributed by atoms with Crippen LogP contribution >= 0.6 is 0 Å². The van der Waals surface area contributed by atoms with Crippen molar-refractivity contribution in [2.45, 2.75) is 13.0 Å². The molecule has 0 saturated carbocycles. The molecule has 0 aliphatic rings. The van der Waals surface area contributed by atoms with Gasteiger partial charge in [-0.1, -0.05) is 24.3 Å². The third kappa shape index (κ3) is 4.49. The van der Waals surface area contributed by atoms with Crippen molar-refractivity contribution in [2.75, 3.05) is 6.61 Å². The highest BCUT2D eigenvalue weighted by atomic mass is 19.3. The Morgan fingerprint density at radius 1 is 0.862 bits per heavy atom. The molecule has 3 rings (SSSR count). The quantitative estimate of drug-likeness (QED) is 0.474. The van der Waals surface area contributed by atoms with Crippen molar-refractivity contribution in [1.82, 2.24) is 0 Å². The third-order valence-corrected chi connectivity index (χ3v) is 4.07. The molecule has 0 aromatic heterocycles. The Morgan fingerprint density at radius 3 is 1.86 bits per heavy atom. The van der Waals surface area contributed by atoms with E-state index in [-0.39, 0.29) is 18.1 Å². The van der Waals surface area contributed by atoms with E-state index in [2.05, 4.69) is 4.74 Å². The van der Waals surface area contributed by atoms with Crippen LogP contribution in [0.4, 0.5) is 17.6 Å². The summed E-state index contributed by atoms with van der Waals surface area (Å²) in [6, 6.07) is 15.7. The van der Waals surface area contributed by atoms with Crippen LogP contribution in [-0.2, 0) is 6.11 Å². The Hall–Kier alpha value is -3.53. The van der Waals surface area contributed by atoms with Gasteiger partial charge in [0.05, 0.1) is 18.2 Å². The fourth-order valence-corrected chi connectivity index (χ4v) is 2.73. The van der Waals surface area contributed by atoms with E-state index in [1.807, 2.05) is 6.07 Å². The molecule has 0 fully saturated rings. The van der Waals surface area contributed by atoms with Gasteiger partial charge < -0.3 is 9.47 Å². The fourth-order valence-electron chi connectivity index (χ4n) is 2.73. The standard InChI is InChI=1S/C22H15F4NO2/c1-2-28-18-11-19(23)21(20(24)12-18)22(25,26)29-17-9-7-16(8-10-17)15-5-3-14(13-27)4-6-15/h3-12H,2H2,1H3. The lowest BCUT2D eigenvalue weighted by atomic mass is 10.0. The van der Waals surface area contributed by atoms with Crippen LogP contribution in [0.15, 0.2) is 60.7 Å². The summed E-state index contributed by atoms with van der Waals surface area (Å²) in [4.78, 5) is 0. The van der Waals surface area contributed by atoms with Gasteiger partial charge in [0.1, 0.15) is 28.7 Å². The van der Waals surface area contributed by atoms with Crippen LogP contribution in [-0.4, -0.2) is 6.61 Å². The van der Waals surface area contributed by atoms with Crippen molar-refractivity contribution >= 4 is 0 Å². The fraction of sp³-hybridized carbons (Fsp3) is 0.136. The zero-order valence-electron chi connectivity index (χ0n) is 15.3. The predicted octanol–water partition coefficient (Wildman–Crippen LogP) is 6.03. The maximum atomic E-state index is 14.4. The van der Waals surface area contributed by atoms with Crippen LogP contribution in [0.3, 0.4) is 0 Å². The number of alkyl halides is 2. The lowest BCUT2D eigenvalue weighted by Gasteiger charge is -2.20. The van der Waals surface area contributed by atoms with Gasteiger partial charge in [-0.15, -0.1) is 0 Å². The molecule has 0 heterocycles. The molecule has 3 aromatic rings. The van der Waals surface area contributed by atoms with E-state index in [9.17, 15) is 17.6 Å². The highest BCUT2D eigenvalue weighted by Gasteiger charge is 2.41. The summed E-state index contributed by atoms with van der Waals surface area (Å²) in [6.45, 7) is 1.74. The maximum Gasteiger partial charge on any atom is 0.432 e. The maximum absolute atomic E-state index is 14.4. The molecule has 0 saturated heterocycles. The van der Waals surface area contributed by atoms with Crippen LogP contribution < -0.4 is 9.47 Å². The summed E-state index contributed by atoms with van der Waals surface area (Å²) in [5.41, 5.74) is 0.472. The Balaban J connectivity index is 1.82. The van der Waals surface area contributed by atoms with Gasteiger partial charge >= 0.3 is 6.11 Å². The Bertz CT molecular complexity index is 1020. The molecule has 7 heteroatoms. The second-order valence-electron chi connectivity index (χ2n) is 6.03. The zero-order valence-corrected chi connectivity index (χ0v) is 15.3. The molecule has 0 radical (unpaired) electrons. The van der Waals surface area contributed by atoms with E-state index in [1.165, 1.54) is 24.3 Å². The monoisotopic (exact) mass is 401 g/mol. The molecule has 0 aliphatic carbocycles. The molecule has 3 aromatic carbocycles. The number of benzene rings is 3. The Labute approximate surface area is 164 Å². The van der Waals surface area contributed by atoms with Crippen molar-refractivity contribution in [1.29, 1.82) is 5.26 Å². The van der Waals surface area contributed by atoms with Gasteiger partial charge in [0.25, 0.3) is 0 Å². The van der Waals surface area contributed by atoms with Crippen molar-refractivity contribution in [3.8, 4) is 28.7 Å². The summed E-state index contributed by atoms with van der Waals surface area (Å²) in [7, 11) is 0. The molecule has 0 unspecified atom stereocenters. The molecule has 0 aliphatic heterocycles. The van der Waals surface area contributed by atoms with Gasteiger partial charge in [0.15, 0.2) is 0 Å². The molecule has 148 valence electrons. The molecule has 29 heavy (non-hydrogen) atoms. The van der Waals surface area contributed by atoms with Gasteiger partial charge in [-0.3, -0.25) is 0 Å². The summed E-state index contributed by atoms with van der Waals surface area (Å²) in [5.74, 6) is -3.38. The number of rotatable bonds is 6. The van der Waals surface area contributed by atoms with E-state index in [0.29, 0.717) is 23.3 Å². The third-order valence-electron chi connectivity index (χ3n) is 4.07. The van der Waals surface area contributed by atoms with Gasteiger partial charge in [-0.2, -0.15) is 14.0 Å². The molecule has 0 bridgehead atoms. The highest BCUT2D eigenvalue weighted by molar-refractivity contribution is 5.65. The van der Waals surface area contributed by atoms with E-state index in [0.717, 1.165) is 5.56 Å². The summed E-state index contributed by atoms with van der Waals surface area (Å²) < 4.78 is 66.5. The van der Waals surface area contributed by atoms with Gasteiger partial charge in [-0.05, 0) is 42.3 Å². The molecule has 0 N–H and O–H groups in total. The van der Waals surface area contributed by atoms with Gasteiger partial charge in [-0.25, -0.2) is 8.78 Å². The van der Waals surface area contributed by atoms with E-state index < -0.39 is 23.3 Å². The molecule has 0 atom stereocenters. The first-order valence-corrected chi connectivity index (χ1v) is 8.64. The topological polar surface area (TPSA) is 42.2 Å². The van der Waals surface area contributed by atoms with Crippen LogP contribution in [0.2, 0.25) is 0 Å². The van der Waals surface area contributed by atoms with E-state index >= 15 is 0 Å². The van der Waals surface area contributed by atoms with Crippen molar-refractivity contribution in [3.05, 3.63) is 83.4 Å². The molecular weight excluding hydrogens is 386 g/mol. The van der Waals surface area contributed by atoms with Crippen molar-refractivity contribution in [3.63, 3.8) is 0 Å². The van der Waals surface area contributed by atoms with Crippen LogP contribution in [0.5, 0.6) is 11.5 Å². The number of nitrogens with zero attached hydrogens (tertiary/aromatic N) is 1. The zero-order chi connectivity index (χ0) is 21.0. The SMILES string of the molecule is CCOc1cc(F)c(C(F)(F)Oc2ccc(-c3ccc(C#N)cc3)cc2)c(F)c1. The average molecular weight is 401 g/mol. The Morgan fingerprint density at radius 2 is 1.38 bits per heavy atom. The highest BCUT2D eigenvalue weighted by Crippen LogP contribution is 2.37. The second kappa shape index (κ2) is 8.23. The normalized spacial score (nSPS) is 11.0. The lowest BCUT2D eigenvalue weighted by molar-refractivity contribution is -0.189. The number of nitriles is 1. The summed E-state index contributed by atoms with van der Waals surface area (Å²) in [6.07, 6.45) is -4.23. The van der Waals surface area contributed by atoms with Crippen molar-refractivity contribution in [2.24, 2.45) is 0 Å². The first kappa shape index (κ1) is 20.2. The van der Waals surface area contributed by atoms with Crippen LogP contribution in [0, 0.1) is 23.0 Å². The molecular formula is C22H15F4NO2. The number of ether oxygens (including phenoxy) is 2. The molecule has 0 spiro atoms. The smallest absolute Gasteiger partial charge is 0.432 e. The van der Waals surface area contributed by atoms with Gasteiger partial charge in [0.2, 0.25) is 0 Å². The van der Waals surface area contributed by atoms with Gasteiger partial charge in [0, 0.05) is 12.1 Å². The number of halogens is 4. The number of hydrogen-bond acceptors (Lipinski definition) is 3. The minimum absolute atomic E-state index is 0.136. The molecule has 0 amide bonds. The van der Waals surface area contributed by atoms with Crippen LogP contribution in [0.25, 0.3) is 11.1 Å².